The smallest absolute Gasteiger partial charge is 0.255 e. The van der Waals surface area contributed by atoms with Crippen LogP contribution in [0.2, 0.25) is 0 Å². The molecule has 0 fully saturated rings. The van der Waals surface area contributed by atoms with Crippen LogP contribution in [0, 0.1) is 0 Å². The molecule has 0 aliphatic rings. The number of hydrogen-bond acceptors (Lipinski definition) is 6. The van der Waals surface area contributed by atoms with Crippen LogP contribution >= 0.6 is 0 Å². The highest BCUT2D eigenvalue weighted by molar-refractivity contribution is 6.06. The average molecular weight is 503 g/mol. The van der Waals surface area contributed by atoms with E-state index in [4.69, 9.17) is 4.74 Å². The number of phenolic OH excluding ortho intramolecular Hbond substituents is 1. The second-order valence-electron chi connectivity index (χ2n) is 8.61. The Kier molecular flexibility index (Phi) is 5.78. The zero-order valence-electron chi connectivity index (χ0n) is 20.3. The third kappa shape index (κ3) is 4.33. The summed E-state index contributed by atoms with van der Waals surface area (Å²) in [4.78, 5) is 25.1. The van der Waals surface area contributed by atoms with E-state index in [0.717, 1.165) is 27.9 Å². The minimum absolute atomic E-state index is 0.0761. The molecule has 0 aliphatic carbocycles. The maximum Gasteiger partial charge on any atom is 0.255 e. The summed E-state index contributed by atoms with van der Waals surface area (Å²) < 4.78 is 5.39. The summed E-state index contributed by atoms with van der Waals surface area (Å²) in [7, 11) is 1.57. The summed E-state index contributed by atoms with van der Waals surface area (Å²) in [6.07, 6.45) is 3.35. The number of nitrogens with one attached hydrogen (secondary N) is 3. The molecule has 1 amide bonds. The summed E-state index contributed by atoms with van der Waals surface area (Å²) in [6.45, 7) is 0. The highest BCUT2D eigenvalue weighted by atomic mass is 16.5. The van der Waals surface area contributed by atoms with Crippen LogP contribution in [-0.2, 0) is 0 Å². The van der Waals surface area contributed by atoms with E-state index < -0.39 is 0 Å². The monoisotopic (exact) mass is 502 g/mol. The number of aromatic nitrogens is 5. The number of amides is 1. The van der Waals surface area contributed by atoms with Crippen molar-refractivity contribution in [3.63, 3.8) is 0 Å². The van der Waals surface area contributed by atoms with Gasteiger partial charge in [-0.25, -0.2) is 9.97 Å². The number of benzene rings is 3. The Balaban J connectivity index is 1.27. The number of aromatic amines is 2. The maximum absolute atomic E-state index is 12.9. The topological polar surface area (TPSA) is 129 Å². The summed E-state index contributed by atoms with van der Waals surface area (Å²) in [5.74, 6) is 0.793. The number of pyridine rings is 1. The van der Waals surface area contributed by atoms with Crippen molar-refractivity contribution in [3.8, 4) is 45.4 Å². The number of anilines is 1. The fourth-order valence-corrected chi connectivity index (χ4v) is 4.29. The molecule has 3 aromatic carbocycles. The lowest BCUT2D eigenvalue weighted by Gasteiger charge is -2.09. The van der Waals surface area contributed by atoms with Crippen LogP contribution in [0.15, 0.2) is 91.3 Å². The molecule has 38 heavy (non-hydrogen) atoms. The van der Waals surface area contributed by atoms with E-state index in [2.05, 4.69) is 30.5 Å². The molecule has 6 aromatic rings. The number of rotatable bonds is 6. The van der Waals surface area contributed by atoms with Crippen molar-refractivity contribution < 1.29 is 14.6 Å². The van der Waals surface area contributed by atoms with Crippen molar-refractivity contribution in [1.29, 1.82) is 0 Å². The van der Waals surface area contributed by atoms with E-state index in [9.17, 15) is 9.90 Å². The predicted molar refractivity (Wildman–Crippen MR) is 145 cm³/mol. The molecule has 0 atom stereocenters. The molecule has 0 aliphatic heterocycles. The van der Waals surface area contributed by atoms with Gasteiger partial charge in [0.2, 0.25) is 5.88 Å². The van der Waals surface area contributed by atoms with E-state index in [0.29, 0.717) is 34.0 Å². The van der Waals surface area contributed by atoms with Crippen LogP contribution in [0.1, 0.15) is 10.4 Å². The molecule has 9 nitrogen and oxygen atoms in total. The van der Waals surface area contributed by atoms with Crippen LogP contribution in [0.5, 0.6) is 11.6 Å². The van der Waals surface area contributed by atoms with Gasteiger partial charge < -0.3 is 20.1 Å². The Morgan fingerprint density at radius 2 is 1.76 bits per heavy atom. The first-order valence-corrected chi connectivity index (χ1v) is 11.8. The SMILES string of the molecule is COc1ncccc1-c1ccc(O)c(-c2nc3cc(C(=O)Nc4ccc(-c5ccn[nH]5)cc4)ccc3[nH]2)c1. The van der Waals surface area contributed by atoms with Crippen LogP contribution in [0.25, 0.3) is 44.8 Å². The first-order chi connectivity index (χ1) is 18.6. The number of imidazole rings is 1. The first-order valence-electron chi connectivity index (χ1n) is 11.8. The molecular formula is C29H22N6O3. The van der Waals surface area contributed by atoms with E-state index in [-0.39, 0.29) is 11.7 Å². The minimum Gasteiger partial charge on any atom is -0.507 e. The molecule has 9 heteroatoms. The predicted octanol–water partition coefficient (Wildman–Crippen LogP) is 5.65. The van der Waals surface area contributed by atoms with Crippen molar-refractivity contribution in [2.75, 3.05) is 12.4 Å². The van der Waals surface area contributed by atoms with Crippen LogP contribution < -0.4 is 10.1 Å². The number of carbonyl (C=O) groups excluding carboxylic acids is 1. The van der Waals surface area contributed by atoms with Gasteiger partial charge in [0, 0.05) is 29.2 Å². The van der Waals surface area contributed by atoms with Gasteiger partial charge in [0.25, 0.3) is 5.91 Å². The summed E-state index contributed by atoms with van der Waals surface area (Å²) in [5.41, 5.74) is 6.49. The fraction of sp³-hybridized carbons (Fsp3) is 0.0345. The van der Waals surface area contributed by atoms with Crippen LogP contribution in [0.4, 0.5) is 5.69 Å². The third-order valence-corrected chi connectivity index (χ3v) is 6.23. The number of ether oxygens (including phenoxy) is 1. The Morgan fingerprint density at radius 1 is 0.921 bits per heavy atom. The number of nitrogens with zero attached hydrogens (tertiary/aromatic N) is 3. The van der Waals surface area contributed by atoms with Crippen LogP contribution in [0.3, 0.4) is 0 Å². The number of H-pyrrole nitrogens is 2. The number of phenols is 1. The molecule has 3 aromatic heterocycles. The Morgan fingerprint density at radius 3 is 2.55 bits per heavy atom. The molecule has 0 unspecified atom stereocenters. The number of methoxy groups -OCH3 is 1. The van der Waals surface area contributed by atoms with Gasteiger partial charge >= 0.3 is 0 Å². The van der Waals surface area contributed by atoms with Gasteiger partial charge in [-0.2, -0.15) is 5.10 Å². The van der Waals surface area contributed by atoms with E-state index in [1.54, 1.807) is 49.8 Å². The average Bonchev–Trinajstić information content (AvgIpc) is 3.64. The molecule has 6 rings (SSSR count). The maximum atomic E-state index is 12.9. The Hall–Kier alpha value is -5.44. The van der Waals surface area contributed by atoms with Gasteiger partial charge in [-0.3, -0.25) is 9.89 Å². The van der Waals surface area contributed by atoms with Gasteiger partial charge in [-0.05, 0) is 71.8 Å². The second kappa shape index (κ2) is 9.55. The lowest BCUT2D eigenvalue weighted by molar-refractivity contribution is 0.102. The van der Waals surface area contributed by atoms with E-state index >= 15 is 0 Å². The molecule has 4 N–H and O–H groups in total. The normalized spacial score (nSPS) is 11.0. The molecule has 0 bridgehead atoms. The van der Waals surface area contributed by atoms with Crippen LogP contribution in [-0.4, -0.2) is 43.3 Å². The number of fused-ring (bicyclic) bond motifs is 1. The van der Waals surface area contributed by atoms with Gasteiger partial charge in [-0.15, -0.1) is 0 Å². The lowest BCUT2D eigenvalue weighted by Crippen LogP contribution is -2.11. The first kappa shape index (κ1) is 23.0. The van der Waals surface area contributed by atoms with Crippen molar-refractivity contribution in [2.24, 2.45) is 0 Å². The number of hydrogen-bond donors (Lipinski definition) is 4. The second-order valence-corrected chi connectivity index (χ2v) is 8.61. The van der Waals surface area contributed by atoms with Gasteiger partial charge in [0.05, 0.1) is 29.4 Å². The third-order valence-electron chi connectivity index (χ3n) is 6.23. The number of carbonyl (C=O) groups is 1. The molecule has 186 valence electrons. The lowest BCUT2D eigenvalue weighted by atomic mass is 10.0. The summed E-state index contributed by atoms with van der Waals surface area (Å²) >= 11 is 0. The minimum atomic E-state index is -0.251. The molecule has 0 saturated carbocycles. The molecule has 3 heterocycles. The molecule has 0 spiro atoms. The number of aromatic hydroxyl groups is 1. The highest BCUT2D eigenvalue weighted by Crippen LogP contribution is 2.35. The van der Waals surface area contributed by atoms with Gasteiger partial charge in [0.15, 0.2) is 0 Å². The Labute approximate surface area is 217 Å². The van der Waals surface area contributed by atoms with Crippen molar-refractivity contribution >= 4 is 22.6 Å². The van der Waals surface area contributed by atoms with Gasteiger partial charge in [0.1, 0.15) is 11.6 Å². The van der Waals surface area contributed by atoms with E-state index in [1.165, 1.54) is 0 Å². The summed E-state index contributed by atoms with van der Waals surface area (Å²) in [6, 6.07) is 23.6. The van der Waals surface area contributed by atoms with Gasteiger partial charge in [-0.1, -0.05) is 18.2 Å². The fourth-order valence-electron chi connectivity index (χ4n) is 4.29. The largest absolute Gasteiger partial charge is 0.507 e. The molecular weight excluding hydrogens is 480 g/mol. The Bertz CT molecular complexity index is 1760. The molecule has 0 saturated heterocycles. The molecule has 0 radical (unpaired) electrons. The quantitative estimate of drug-likeness (QED) is 0.233. The van der Waals surface area contributed by atoms with Crippen molar-refractivity contribution in [2.45, 2.75) is 0 Å². The van der Waals surface area contributed by atoms with Crippen molar-refractivity contribution in [1.82, 2.24) is 25.1 Å². The summed E-state index contributed by atoms with van der Waals surface area (Å²) in [5, 5.41) is 20.4. The zero-order chi connectivity index (χ0) is 26.1. The van der Waals surface area contributed by atoms with Crippen molar-refractivity contribution in [3.05, 3.63) is 96.8 Å². The van der Waals surface area contributed by atoms with E-state index in [1.807, 2.05) is 48.5 Å². The standard InChI is InChI=1S/C29H22N6O3/c1-38-29-21(3-2-13-30-29)18-7-11-26(36)22(15-18)27-33-24-10-6-19(16-25(24)34-27)28(37)32-20-8-4-17(5-9-20)23-12-14-31-35-23/h2-16,36H,1H3,(H,31,35)(H,32,37)(H,33,34). The zero-order valence-corrected chi connectivity index (χ0v) is 20.3. The highest BCUT2D eigenvalue weighted by Gasteiger charge is 2.15.